The molecule has 13 heteroatoms. The molecule has 45 heavy (non-hydrogen) atoms. The van der Waals surface area contributed by atoms with Crippen molar-refractivity contribution < 1.29 is 47.5 Å². The second-order valence-corrected chi connectivity index (χ2v) is 9.44. The van der Waals surface area contributed by atoms with Gasteiger partial charge >= 0.3 is 0 Å². The van der Waals surface area contributed by atoms with Gasteiger partial charge in [-0.2, -0.15) is 0 Å². The van der Waals surface area contributed by atoms with Crippen LogP contribution in [0.3, 0.4) is 0 Å². The van der Waals surface area contributed by atoms with Crippen LogP contribution in [-0.2, 0) is 37.9 Å². The largest absolute Gasteiger partial charge is 0.379 e. The lowest BCUT2D eigenvalue weighted by Crippen LogP contribution is -2.33. The molecule has 1 fully saturated rings. The van der Waals surface area contributed by atoms with Crippen LogP contribution < -0.4 is 11.5 Å². The first kappa shape index (κ1) is 43.0. The van der Waals surface area contributed by atoms with E-state index in [1.807, 2.05) is 0 Å². The minimum Gasteiger partial charge on any atom is -0.379 e. The Balaban J connectivity index is 0.000000812. The third-order valence-corrected chi connectivity index (χ3v) is 6.11. The van der Waals surface area contributed by atoms with Crippen LogP contribution in [0, 0.1) is 0 Å². The van der Waals surface area contributed by atoms with E-state index in [0.717, 1.165) is 32.5 Å². The summed E-state index contributed by atoms with van der Waals surface area (Å²) in [6.45, 7) is 10.8. The van der Waals surface area contributed by atoms with Crippen LogP contribution in [0.4, 0.5) is 0 Å². The first-order valence-electron chi connectivity index (χ1n) is 15.6. The van der Waals surface area contributed by atoms with Crippen LogP contribution >= 0.6 is 0 Å². The summed E-state index contributed by atoms with van der Waals surface area (Å²) in [5.74, 6) is -0.503. The number of nitrogens with zero attached hydrogens (tertiary/aromatic N) is 1. The van der Waals surface area contributed by atoms with E-state index >= 15 is 0 Å². The second-order valence-electron chi connectivity index (χ2n) is 9.44. The highest BCUT2D eigenvalue weighted by Gasteiger charge is 2.34. The number of nitrogens with two attached hydrogens (primary N) is 2. The SMILES string of the molecule is C.CCCOCCOCCOCCN1C(=O)c2ccccc2C1=O.CN.NCCOCCOCCOCCOC1CCCCO1. The number of amides is 2. The fourth-order valence-electron chi connectivity index (χ4n) is 3.99. The molecule has 13 nitrogen and oxygen atoms in total. The number of imide groups is 1. The second kappa shape index (κ2) is 30.6. The highest BCUT2D eigenvalue weighted by Crippen LogP contribution is 2.21. The van der Waals surface area contributed by atoms with Crippen molar-refractivity contribution >= 4 is 11.8 Å². The van der Waals surface area contributed by atoms with Gasteiger partial charge in [-0.05, 0) is 44.9 Å². The minimum atomic E-state index is -0.251. The molecule has 1 aromatic rings. The molecule has 1 unspecified atom stereocenters. The molecule has 0 aromatic heterocycles. The van der Waals surface area contributed by atoms with Gasteiger partial charge in [-0.1, -0.05) is 26.5 Å². The van der Waals surface area contributed by atoms with Gasteiger partial charge in [0.2, 0.25) is 0 Å². The van der Waals surface area contributed by atoms with Crippen molar-refractivity contribution in [2.75, 3.05) is 113 Å². The van der Waals surface area contributed by atoms with Gasteiger partial charge in [0.25, 0.3) is 11.8 Å². The van der Waals surface area contributed by atoms with E-state index in [1.54, 1.807) is 24.3 Å². The Morgan fingerprint density at radius 2 is 1.18 bits per heavy atom. The molecule has 2 aliphatic rings. The average Bonchev–Trinajstić information content (AvgIpc) is 3.31. The number of ether oxygens (including phenoxy) is 8. The van der Waals surface area contributed by atoms with Gasteiger partial charge in [0.15, 0.2) is 6.29 Å². The number of carbonyl (C=O) groups is 2. The van der Waals surface area contributed by atoms with Crippen LogP contribution in [0.15, 0.2) is 24.3 Å². The normalized spacial score (nSPS) is 15.5. The Bertz CT molecular complexity index is 808. The summed E-state index contributed by atoms with van der Waals surface area (Å²) >= 11 is 0. The lowest BCUT2D eigenvalue weighted by molar-refractivity contribution is -0.169. The van der Waals surface area contributed by atoms with E-state index in [0.29, 0.717) is 97.0 Å². The van der Waals surface area contributed by atoms with E-state index in [4.69, 9.17) is 43.6 Å². The summed E-state index contributed by atoms with van der Waals surface area (Å²) < 4.78 is 42.9. The summed E-state index contributed by atoms with van der Waals surface area (Å²) in [6, 6.07) is 6.85. The average molecular weight is 646 g/mol. The number of hydrogen-bond donors (Lipinski definition) is 2. The highest BCUT2D eigenvalue weighted by molar-refractivity contribution is 6.21. The van der Waals surface area contributed by atoms with E-state index in [9.17, 15) is 9.59 Å². The zero-order valence-corrected chi connectivity index (χ0v) is 26.7. The number of hydrogen-bond acceptors (Lipinski definition) is 12. The maximum Gasteiger partial charge on any atom is 0.261 e. The Labute approximate surface area is 270 Å². The molecular weight excluding hydrogens is 586 g/mol. The van der Waals surface area contributed by atoms with Gasteiger partial charge < -0.3 is 49.4 Å². The zero-order chi connectivity index (χ0) is 32.1. The van der Waals surface area contributed by atoms with Crippen LogP contribution in [0.1, 0.15) is 60.7 Å². The monoisotopic (exact) mass is 645 g/mol. The molecule has 0 spiro atoms. The quantitative estimate of drug-likeness (QED) is 0.132. The molecule has 2 aliphatic heterocycles. The molecule has 4 N–H and O–H groups in total. The van der Waals surface area contributed by atoms with Crippen molar-refractivity contribution in [3.8, 4) is 0 Å². The Morgan fingerprint density at radius 1 is 0.711 bits per heavy atom. The summed E-state index contributed by atoms with van der Waals surface area (Å²) in [7, 11) is 1.50. The third-order valence-electron chi connectivity index (χ3n) is 6.11. The fourth-order valence-corrected chi connectivity index (χ4v) is 3.99. The zero-order valence-electron chi connectivity index (χ0n) is 26.7. The minimum absolute atomic E-state index is 0. The molecule has 262 valence electrons. The van der Waals surface area contributed by atoms with Crippen LogP contribution in [0.2, 0.25) is 0 Å². The number of carbonyl (C=O) groups excluding carboxylic acids is 2. The van der Waals surface area contributed by atoms with Crippen molar-refractivity contribution in [2.45, 2.75) is 46.3 Å². The molecule has 3 rings (SSSR count). The first-order chi connectivity index (χ1) is 21.7. The van der Waals surface area contributed by atoms with Crippen molar-refractivity contribution in [1.29, 1.82) is 0 Å². The standard InChI is InChI=1S/C17H23NO5.C13H27NO5.CH5N.CH4/c1-2-8-21-10-12-23-13-11-22-9-7-18-16(19)14-5-3-4-6-15(14)17(18)20;14-4-6-15-7-8-16-9-10-17-11-12-19-13-3-1-2-5-18-13;1-2;/h3-6H,2,7-13H2,1H3;13H,1-12,14H2;2H2,1H3;1H4. The van der Waals surface area contributed by atoms with Crippen molar-refractivity contribution in [3.05, 3.63) is 35.4 Å². The van der Waals surface area contributed by atoms with Crippen LogP contribution in [0.5, 0.6) is 0 Å². The first-order valence-corrected chi connectivity index (χ1v) is 15.6. The molecule has 1 saturated heterocycles. The van der Waals surface area contributed by atoms with Gasteiger partial charge in [0.1, 0.15) is 0 Å². The Morgan fingerprint density at radius 3 is 1.64 bits per heavy atom. The van der Waals surface area contributed by atoms with Crippen LogP contribution in [0.25, 0.3) is 0 Å². The smallest absolute Gasteiger partial charge is 0.261 e. The lowest BCUT2D eigenvalue weighted by Gasteiger charge is -2.22. The van der Waals surface area contributed by atoms with Gasteiger partial charge in [-0.25, -0.2) is 0 Å². The molecule has 2 amide bonds. The number of rotatable bonds is 23. The summed E-state index contributed by atoms with van der Waals surface area (Å²) in [6.07, 6.45) is 4.29. The predicted molar refractivity (Wildman–Crippen MR) is 172 cm³/mol. The van der Waals surface area contributed by atoms with Gasteiger partial charge in [0, 0.05) is 19.8 Å². The summed E-state index contributed by atoms with van der Waals surface area (Å²) in [4.78, 5) is 25.4. The molecule has 0 radical (unpaired) electrons. The Hall–Kier alpha value is -2.04. The Kier molecular flexibility index (Phi) is 29.2. The van der Waals surface area contributed by atoms with Crippen molar-refractivity contribution in [2.24, 2.45) is 11.5 Å². The van der Waals surface area contributed by atoms with Gasteiger partial charge in [0.05, 0.1) is 97.0 Å². The molecule has 0 saturated carbocycles. The topological polar surface area (TPSA) is 163 Å². The van der Waals surface area contributed by atoms with Crippen LogP contribution in [-0.4, -0.2) is 136 Å². The maximum atomic E-state index is 12.1. The molecule has 2 heterocycles. The molecular formula is C32H59N3O10. The fraction of sp³-hybridized carbons (Fsp3) is 0.750. The van der Waals surface area contributed by atoms with Crippen molar-refractivity contribution in [1.82, 2.24) is 4.90 Å². The number of fused-ring (bicyclic) bond motifs is 1. The lowest BCUT2D eigenvalue weighted by atomic mass is 10.1. The molecule has 1 atom stereocenters. The highest BCUT2D eigenvalue weighted by atomic mass is 16.7. The van der Waals surface area contributed by atoms with Gasteiger partial charge in [-0.3, -0.25) is 14.5 Å². The molecule has 0 aliphatic carbocycles. The van der Waals surface area contributed by atoms with E-state index in [2.05, 4.69) is 12.7 Å². The number of benzene rings is 1. The summed E-state index contributed by atoms with van der Waals surface area (Å²) in [5, 5.41) is 0. The molecule has 0 bridgehead atoms. The van der Waals surface area contributed by atoms with E-state index in [1.165, 1.54) is 18.4 Å². The van der Waals surface area contributed by atoms with Gasteiger partial charge in [-0.15, -0.1) is 0 Å². The van der Waals surface area contributed by atoms with Crippen molar-refractivity contribution in [3.63, 3.8) is 0 Å². The predicted octanol–water partition coefficient (Wildman–Crippen LogP) is 2.49. The van der Waals surface area contributed by atoms with E-state index < -0.39 is 0 Å². The third kappa shape index (κ3) is 19.9. The summed E-state index contributed by atoms with van der Waals surface area (Å²) in [5.41, 5.74) is 10.7. The maximum absolute atomic E-state index is 12.1. The van der Waals surface area contributed by atoms with E-state index in [-0.39, 0.29) is 32.1 Å². The molecule has 1 aromatic carbocycles.